The molecular weight excluding hydrogens is 309 g/mol. The van der Waals surface area contributed by atoms with Crippen LogP contribution >= 0.6 is 23.2 Å². The highest BCUT2D eigenvalue weighted by Crippen LogP contribution is 2.23. The smallest absolute Gasteiger partial charge is 0.231 e. The van der Waals surface area contributed by atoms with Crippen molar-refractivity contribution in [3.63, 3.8) is 0 Å². The number of aromatic nitrogens is 2. The lowest BCUT2D eigenvalue weighted by molar-refractivity contribution is 0.606. The molecule has 0 saturated carbocycles. The molecule has 0 radical (unpaired) electrons. The molecule has 0 aliphatic heterocycles. The summed E-state index contributed by atoms with van der Waals surface area (Å²) in [6.45, 7) is 0.475. The van der Waals surface area contributed by atoms with Gasteiger partial charge in [-0.2, -0.15) is 5.10 Å². The molecule has 0 saturated heterocycles. The molecule has 2 aromatic rings. The van der Waals surface area contributed by atoms with Gasteiger partial charge in [0.2, 0.25) is 10.0 Å². The molecule has 0 aliphatic carbocycles. The van der Waals surface area contributed by atoms with Crippen LogP contribution in [0.2, 0.25) is 10.0 Å². The van der Waals surface area contributed by atoms with Gasteiger partial charge in [-0.1, -0.05) is 29.3 Å². The van der Waals surface area contributed by atoms with Crippen molar-refractivity contribution in [1.29, 1.82) is 0 Å². The fraction of sp³-hybridized carbons (Fsp3) is 0.182. The third-order valence-corrected chi connectivity index (χ3v) is 3.58. The molecule has 0 aliphatic rings. The number of hydrogen-bond donors (Lipinski definition) is 1. The molecule has 1 N–H and O–H groups in total. The zero-order valence-corrected chi connectivity index (χ0v) is 12.3. The Balaban J connectivity index is 2.13. The summed E-state index contributed by atoms with van der Waals surface area (Å²) in [5.41, 5.74) is 0.920. The minimum Gasteiger partial charge on any atom is -0.266 e. The molecule has 0 spiro atoms. The molecule has 0 fully saturated rings. The van der Waals surface area contributed by atoms with Gasteiger partial charge < -0.3 is 0 Å². The van der Waals surface area contributed by atoms with E-state index in [1.54, 1.807) is 29.1 Å². The Hall–Kier alpha value is -1.24. The highest BCUT2D eigenvalue weighted by Gasteiger charge is 2.06. The SMILES string of the molecule is CS(=O)(=O)Nc1ccn(Cc2ccc(Cl)c(Cl)c2)n1. The second kappa shape index (κ2) is 5.40. The number of halogens is 2. The van der Waals surface area contributed by atoms with Gasteiger partial charge in [0.25, 0.3) is 0 Å². The predicted octanol–water partition coefficient (Wildman–Crippen LogP) is 2.61. The fourth-order valence-electron chi connectivity index (χ4n) is 1.52. The molecule has 1 aromatic heterocycles. The first-order valence-electron chi connectivity index (χ1n) is 5.29. The number of benzene rings is 1. The Morgan fingerprint density at radius 3 is 2.63 bits per heavy atom. The molecule has 0 amide bonds. The summed E-state index contributed by atoms with van der Waals surface area (Å²) in [5, 5.41) is 5.06. The van der Waals surface area contributed by atoms with E-state index in [4.69, 9.17) is 23.2 Å². The van der Waals surface area contributed by atoms with Crippen LogP contribution < -0.4 is 4.72 Å². The first kappa shape index (κ1) is 14.2. The monoisotopic (exact) mass is 319 g/mol. The Morgan fingerprint density at radius 2 is 2.00 bits per heavy atom. The molecule has 0 atom stereocenters. The van der Waals surface area contributed by atoms with E-state index in [0.29, 0.717) is 16.6 Å². The van der Waals surface area contributed by atoms with Crippen molar-refractivity contribution in [2.24, 2.45) is 0 Å². The maximum Gasteiger partial charge on any atom is 0.231 e. The molecule has 5 nitrogen and oxygen atoms in total. The molecule has 19 heavy (non-hydrogen) atoms. The van der Waals surface area contributed by atoms with Crippen molar-refractivity contribution in [1.82, 2.24) is 9.78 Å². The molecule has 0 unspecified atom stereocenters. The third-order valence-electron chi connectivity index (χ3n) is 2.26. The minimum absolute atomic E-state index is 0.280. The van der Waals surface area contributed by atoms with Crippen LogP contribution in [0.5, 0.6) is 0 Å². The van der Waals surface area contributed by atoms with Crippen molar-refractivity contribution in [3.05, 3.63) is 46.1 Å². The van der Waals surface area contributed by atoms with E-state index < -0.39 is 10.0 Å². The summed E-state index contributed by atoms with van der Waals surface area (Å²) in [6, 6.07) is 6.87. The van der Waals surface area contributed by atoms with E-state index in [1.807, 2.05) is 6.07 Å². The van der Waals surface area contributed by atoms with Crippen molar-refractivity contribution in [3.8, 4) is 0 Å². The van der Waals surface area contributed by atoms with E-state index in [0.717, 1.165) is 11.8 Å². The van der Waals surface area contributed by atoms with Gasteiger partial charge in [0.1, 0.15) is 0 Å². The highest BCUT2D eigenvalue weighted by molar-refractivity contribution is 7.92. The molecule has 2 rings (SSSR count). The lowest BCUT2D eigenvalue weighted by atomic mass is 10.2. The van der Waals surface area contributed by atoms with E-state index in [-0.39, 0.29) is 5.82 Å². The molecule has 102 valence electrons. The van der Waals surface area contributed by atoms with Gasteiger partial charge in [-0.15, -0.1) is 0 Å². The lowest BCUT2D eigenvalue weighted by Crippen LogP contribution is -2.10. The second-order valence-corrected chi connectivity index (χ2v) is 6.58. The summed E-state index contributed by atoms with van der Waals surface area (Å²) in [4.78, 5) is 0. The van der Waals surface area contributed by atoms with Crippen LogP contribution in [-0.2, 0) is 16.6 Å². The average molecular weight is 320 g/mol. The van der Waals surface area contributed by atoms with Crippen molar-refractivity contribution in [2.75, 3.05) is 11.0 Å². The van der Waals surface area contributed by atoms with Crippen LogP contribution in [-0.4, -0.2) is 24.5 Å². The molecular formula is C11H11Cl2N3O2S. The normalized spacial score (nSPS) is 11.5. The van der Waals surface area contributed by atoms with Crippen LogP contribution in [0.15, 0.2) is 30.5 Å². The second-order valence-electron chi connectivity index (χ2n) is 4.02. The first-order valence-corrected chi connectivity index (χ1v) is 7.93. The topological polar surface area (TPSA) is 64.0 Å². The number of nitrogens with zero attached hydrogens (tertiary/aromatic N) is 2. The number of hydrogen-bond acceptors (Lipinski definition) is 3. The van der Waals surface area contributed by atoms with Gasteiger partial charge in [0.05, 0.1) is 22.8 Å². The quantitative estimate of drug-likeness (QED) is 0.942. The van der Waals surface area contributed by atoms with E-state index in [9.17, 15) is 8.42 Å². The van der Waals surface area contributed by atoms with Crippen LogP contribution in [0.4, 0.5) is 5.82 Å². The number of nitrogens with one attached hydrogen (secondary N) is 1. The summed E-state index contributed by atoms with van der Waals surface area (Å²) in [5.74, 6) is 0.280. The zero-order chi connectivity index (χ0) is 14.0. The van der Waals surface area contributed by atoms with Crippen LogP contribution in [0.3, 0.4) is 0 Å². The van der Waals surface area contributed by atoms with Gasteiger partial charge >= 0.3 is 0 Å². The largest absolute Gasteiger partial charge is 0.266 e. The fourth-order valence-corrected chi connectivity index (χ4v) is 2.33. The third kappa shape index (κ3) is 4.12. The standard InChI is InChI=1S/C11H11Cl2N3O2S/c1-19(17,18)15-11-4-5-16(14-11)7-8-2-3-9(12)10(13)6-8/h2-6H,7H2,1H3,(H,14,15). The Morgan fingerprint density at radius 1 is 1.26 bits per heavy atom. The highest BCUT2D eigenvalue weighted by atomic mass is 35.5. The van der Waals surface area contributed by atoms with E-state index >= 15 is 0 Å². The summed E-state index contributed by atoms with van der Waals surface area (Å²) >= 11 is 11.7. The zero-order valence-electron chi connectivity index (χ0n) is 9.97. The Bertz CT molecular complexity index is 698. The molecule has 0 bridgehead atoms. The Labute approximate surface area is 121 Å². The van der Waals surface area contributed by atoms with Crippen LogP contribution in [0.1, 0.15) is 5.56 Å². The number of sulfonamides is 1. The first-order chi connectivity index (χ1) is 8.83. The van der Waals surface area contributed by atoms with Gasteiger partial charge in [-0.05, 0) is 17.7 Å². The summed E-state index contributed by atoms with van der Waals surface area (Å²) in [7, 11) is -3.31. The van der Waals surface area contributed by atoms with Crippen LogP contribution in [0.25, 0.3) is 0 Å². The number of anilines is 1. The predicted molar refractivity (Wildman–Crippen MR) is 76.3 cm³/mol. The van der Waals surface area contributed by atoms with Crippen LogP contribution in [0, 0.1) is 0 Å². The Kier molecular flexibility index (Phi) is 4.03. The van der Waals surface area contributed by atoms with Crippen molar-refractivity contribution < 1.29 is 8.42 Å². The van der Waals surface area contributed by atoms with Gasteiger partial charge in [-0.3, -0.25) is 9.40 Å². The molecule has 1 aromatic carbocycles. The maximum absolute atomic E-state index is 11.1. The minimum atomic E-state index is -3.31. The summed E-state index contributed by atoms with van der Waals surface area (Å²) < 4.78 is 26.0. The molecule has 1 heterocycles. The van der Waals surface area contributed by atoms with Crippen molar-refractivity contribution >= 4 is 39.0 Å². The average Bonchev–Trinajstić information content (AvgIpc) is 2.68. The van der Waals surface area contributed by atoms with Crippen molar-refractivity contribution in [2.45, 2.75) is 6.54 Å². The van der Waals surface area contributed by atoms with E-state index in [1.165, 1.54) is 0 Å². The lowest BCUT2D eigenvalue weighted by Gasteiger charge is -2.04. The van der Waals surface area contributed by atoms with Gasteiger partial charge in [0.15, 0.2) is 5.82 Å². The summed E-state index contributed by atoms with van der Waals surface area (Å²) in [6.07, 6.45) is 2.75. The van der Waals surface area contributed by atoms with E-state index in [2.05, 4.69) is 9.82 Å². The number of rotatable bonds is 4. The van der Waals surface area contributed by atoms with Gasteiger partial charge in [0, 0.05) is 12.3 Å². The van der Waals surface area contributed by atoms with Gasteiger partial charge in [-0.25, -0.2) is 8.42 Å². The molecule has 8 heteroatoms. The maximum atomic E-state index is 11.1.